The maximum absolute atomic E-state index is 4.66. The quantitative estimate of drug-likeness (QED) is 0.391. The molecule has 1 N–H and O–H groups in total. The molecule has 0 spiro atoms. The summed E-state index contributed by atoms with van der Waals surface area (Å²) in [6.45, 7) is 6.39. The summed E-state index contributed by atoms with van der Waals surface area (Å²) in [7, 11) is 0. The zero-order valence-electron chi connectivity index (χ0n) is 17.8. The number of hydrogen-bond donors (Lipinski definition) is 1. The molecule has 30 heavy (non-hydrogen) atoms. The molecule has 1 unspecified atom stereocenters. The molecule has 0 amide bonds. The molecule has 3 aromatic rings. The van der Waals surface area contributed by atoms with Crippen LogP contribution in [0.3, 0.4) is 0 Å². The Labute approximate surface area is 179 Å². The van der Waals surface area contributed by atoms with Crippen molar-refractivity contribution in [2.75, 3.05) is 18.0 Å². The van der Waals surface area contributed by atoms with Crippen LogP contribution < -0.4 is 10.3 Å². The van der Waals surface area contributed by atoms with Crippen molar-refractivity contribution < 1.29 is 0 Å². The molecule has 3 nitrogen and oxygen atoms in total. The first-order valence-corrected chi connectivity index (χ1v) is 10.7. The van der Waals surface area contributed by atoms with Crippen molar-refractivity contribution >= 4 is 22.7 Å². The van der Waals surface area contributed by atoms with Crippen LogP contribution in [-0.2, 0) is 5.54 Å². The van der Waals surface area contributed by atoms with Crippen LogP contribution in [0.25, 0.3) is 10.8 Å². The molecule has 0 radical (unpaired) electrons. The monoisotopic (exact) mass is 395 g/mol. The molecule has 4 rings (SSSR count). The van der Waals surface area contributed by atoms with Gasteiger partial charge in [0.2, 0.25) is 0 Å². The number of nitrogens with one attached hydrogen (secondary N) is 1. The van der Waals surface area contributed by atoms with Crippen LogP contribution in [0.1, 0.15) is 31.4 Å². The highest BCUT2D eigenvalue weighted by Crippen LogP contribution is 2.35. The van der Waals surface area contributed by atoms with Gasteiger partial charge in [-0.1, -0.05) is 78.9 Å². The van der Waals surface area contributed by atoms with Crippen LogP contribution in [0.2, 0.25) is 0 Å². The smallest absolute Gasteiger partial charge is 0.102 e. The minimum Gasteiger partial charge on any atom is -0.372 e. The van der Waals surface area contributed by atoms with Crippen molar-refractivity contribution in [3.8, 4) is 0 Å². The predicted octanol–water partition coefficient (Wildman–Crippen LogP) is 6.02. The van der Waals surface area contributed by atoms with Crippen LogP contribution in [-0.4, -0.2) is 19.3 Å². The number of hydrogen-bond acceptors (Lipinski definition) is 3. The van der Waals surface area contributed by atoms with E-state index in [-0.39, 0.29) is 5.54 Å². The molecule has 3 heteroatoms. The highest BCUT2D eigenvalue weighted by molar-refractivity contribution is 5.87. The zero-order valence-corrected chi connectivity index (χ0v) is 17.8. The molecule has 0 saturated carbocycles. The van der Waals surface area contributed by atoms with E-state index < -0.39 is 0 Å². The van der Waals surface area contributed by atoms with Gasteiger partial charge in [0, 0.05) is 18.8 Å². The lowest BCUT2D eigenvalue weighted by Gasteiger charge is -2.32. The fraction of sp³-hybridized carbons (Fsp3) is 0.222. The number of fused-ring (bicyclic) bond motifs is 1. The third-order valence-corrected chi connectivity index (χ3v) is 5.84. The van der Waals surface area contributed by atoms with E-state index in [4.69, 9.17) is 0 Å². The Morgan fingerprint density at radius 1 is 0.933 bits per heavy atom. The average Bonchev–Trinajstić information content (AvgIpc) is 2.81. The summed E-state index contributed by atoms with van der Waals surface area (Å²) in [5, 5.41) is 7.16. The summed E-state index contributed by atoms with van der Waals surface area (Å²) in [6, 6.07) is 23.6. The van der Waals surface area contributed by atoms with Crippen molar-refractivity contribution in [2.24, 2.45) is 5.10 Å². The third kappa shape index (κ3) is 4.02. The molecule has 0 heterocycles. The van der Waals surface area contributed by atoms with Crippen LogP contribution in [0.15, 0.2) is 96.1 Å². The van der Waals surface area contributed by atoms with Gasteiger partial charge >= 0.3 is 0 Å². The summed E-state index contributed by atoms with van der Waals surface area (Å²) < 4.78 is 0. The molecule has 3 aromatic carbocycles. The minimum atomic E-state index is -0.354. The summed E-state index contributed by atoms with van der Waals surface area (Å²) in [5.41, 5.74) is 6.70. The molecule has 152 valence electrons. The Morgan fingerprint density at radius 2 is 1.70 bits per heavy atom. The van der Waals surface area contributed by atoms with Gasteiger partial charge < -0.3 is 4.90 Å². The number of allylic oxidation sites excluding steroid dienone is 2. The Bertz CT molecular complexity index is 1070. The first-order chi connectivity index (χ1) is 14.8. The number of nitrogens with zero attached hydrogens (tertiary/aromatic N) is 2. The van der Waals surface area contributed by atoms with Crippen LogP contribution in [0, 0.1) is 0 Å². The minimum absolute atomic E-state index is 0.354. The fourth-order valence-electron chi connectivity index (χ4n) is 4.16. The van der Waals surface area contributed by atoms with E-state index >= 15 is 0 Å². The van der Waals surface area contributed by atoms with Gasteiger partial charge in [-0.3, -0.25) is 5.43 Å². The summed E-state index contributed by atoms with van der Waals surface area (Å²) in [4.78, 5) is 2.34. The van der Waals surface area contributed by atoms with E-state index in [1.165, 1.54) is 22.0 Å². The summed E-state index contributed by atoms with van der Waals surface area (Å²) in [6.07, 6.45) is 11.4. The first kappa shape index (κ1) is 20.0. The maximum Gasteiger partial charge on any atom is 0.102 e. The Kier molecular flexibility index (Phi) is 5.99. The SMILES string of the molecule is CCN(CC)c1ccc(/C=N/NC2(c3cccc4ccccc34)C=CC=CC2)cc1. The molecule has 0 bridgehead atoms. The Morgan fingerprint density at radius 3 is 2.43 bits per heavy atom. The van der Waals surface area contributed by atoms with Gasteiger partial charge in [0.15, 0.2) is 0 Å². The topological polar surface area (TPSA) is 27.6 Å². The van der Waals surface area contributed by atoms with Gasteiger partial charge in [0.1, 0.15) is 5.54 Å². The molecular formula is C27H29N3. The van der Waals surface area contributed by atoms with E-state index in [1.54, 1.807) is 0 Å². The highest BCUT2D eigenvalue weighted by Gasteiger charge is 2.30. The third-order valence-electron chi connectivity index (χ3n) is 5.84. The van der Waals surface area contributed by atoms with Gasteiger partial charge in [-0.05, 0) is 54.3 Å². The van der Waals surface area contributed by atoms with Crippen molar-refractivity contribution in [2.45, 2.75) is 25.8 Å². The Balaban J connectivity index is 1.60. The number of benzene rings is 3. The van der Waals surface area contributed by atoms with Crippen LogP contribution in [0.5, 0.6) is 0 Å². The highest BCUT2D eigenvalue weighted by atomic mass is 15.3. The molecule has 0 saturated heterocycles. The lowest BCUT2D eigenvalue weighted by Crippen LogP contribution is -2.38. The van der Waals surface area contributed by atoms with Crippen molar-refractivity contribution in [1.29, 1.82) is 0 Å². The fourth-order valence-corrected chi connectivity index (χ4v) is 4.16. The molecular weight excluding hydrogens is 366 g/mol. The van der Waals surface area contributed by atoms with Gasteiger partial charge in [0.25, 0.3) is 0 Å². The lowest BCUT2D eigenvalue weighted by atomic mass is 9.82. The first-order valence-electron chi connectivity index (χ1n) is 10.7. The van der Waals surface area contributed by atoms with Crippen LogP contribution >= 0.6 is 0 Å². The maximum atomic E-state index is 4.66. The molecule has 0 aromatic heterocycles. The van der Waals surface area contributed by atoms with Crippen molar-refractivity contribution in [3.05, 3.63) is 102 Å². The Hall–Kier alpha value is -3.33. The van der Waals surface area contributed by atoms with Gasteiger partial charge in [-0.25, -0.2) is 0 Å². The molecule has 1 aliphatic rings. The van der Waals surface area contributed by atoms with E-state index in [1.807, 2.05) is 6.21 Å². The molecule has 0 aliphatic heterocycles. The van der Waals surface area contributed by atoms with E-state index in [2.05, 4.69) is 120 Å². The summed E-state index contributed by atoms with van der Waals surface area (Å²) in [5.74, 6) is 0. The van der Waals surface area contributed by atoms with Gasteiger partial charge in [0.05, 0.1) is 6.21 Å². The van der Waals surface area contributed by atoms with E-state index in [0.29, 0.717) is 0 Å². The van der Waals surface area contributed by atoms with E-state index in [0.717, 1.165) is 25.1 Å². The zero-order chi connectivity index (χ0) is 20.8. The number of hydrazone groups is 1. The number of rotatable bonds is 7. The average molecular weight is 396 g/mol. The second-order valence-corrected chi connectivity index (χ2v) is 7.62. The van der Waals surface area contributed by atoms with Gasteiger partial charge in [-0.15, -0.1) is 0 Å². The van der Waals surface area contributed by atoms with Gasteiger partial charge in [-0.2, -0.15) is 5.10 Å². The summed E-state index contributed by atoms with van der Waals surface area (Å²) >= 11 is 0. The lowest BCUT2D eigenvalue weighted by molar-refractivity contribution is 0.435. The molecule has 1 atom stereocenters. The number of anilines is 1. The van der Waals surface area contributed by atoms with Crippen molar-refractivity contribution in [3.63, 3.8) is 0 Å². The molecule has 1 aliphatic carbocycles. The molecule has 0 fully saturated rings. The van der Waals surface area contributed by atoms with E-state index in [9.17, 15) is 0 Å². The standard InChI is InChI=1S/C27H29N3/c1-3-30(4-2)24-17-15-22(16-18-24)21-28-29-27(19-8-5-9-20-27)26-14-10-12-23-11-6-7-13-25(23)26/h5-19,21,29H,3-4,20H2,1-2H3/b28-21+. The largest absolute Gasteiger partial charge is 0.372 e. The second kappa shape index (κ2) is 9.00. The predicted molar refractivity (Wildman–Crippen MR) is 129 cm³/mol. The van der Waals surface area contributed by atoms with Crippen LogP contribution in [0.4, 0.5) is 5.69 Å². The normalized spacial score (nSPS) is 18.2. The van der Waals surface area contributed by atoms with Crippen molar-refractivity contribution in [1.82, 2.24) is 5.43 Å². The second-order valence-electron chi connectivity index (χ2n) is 7.62.